The fraction of sp³-hybridized carbons (Fsp3) is 0.333. The zero-order chi connectivity index (χ0) is 18.2. The van der Waals surface area contributed by atoms with Crippen molar-refractivity contribution in [1.29, 1.82) is 0 Å². The van der Waals surface area contributed by atoms with Crippen LogP contribution in [-0.2, 0) is 11.2 Å². The lowest BCUT2D eigenvalue weighted by atomic mass is 10.0. The molecule has 0 saturated heterocycles. The maximum Gasteiger partial charge on any atom is 0.303 e. The smallest absolute Gasteiger partial charge is 0.303 e. The molecule has 0 spiro atoms. The number of aromatic nitrogens is 2. The van der Waals surface area contributed by atoms with Crippen LogP contribution in [0, 0.1) is 6.92 Å². The third-order valence-electron chi connectivity index (χ3n) is 3.68. The molecule has 132 valence electrons. The summed E-state index contributed by atoms with van der Waals surface area (Å²) in [5.41, 5.74) is 1.97. The van der Waals surface area contributed by atoms with Gasteiger partial charge in [-0.15, -0.1) is 0 Å². The lowest BCUT2D eigenvalue weighted by molar-refractivity contribution is -0.137. The molecular formula is C18H22N4O3. The van der Waals surface area contributed by atoms with Gasteiger partial charge in [-0.25, -0.2) is 9.97 Å². The zero-order valence-corrected chi connectivity index (χ0v) is 14.3. The SMILES string of the molecule is CNc1nc(C)cc(C(=O)NC(CCC(=O)O)Cc2ccccc2)n1. The van der Waals surface area contributed by atoms with Gasteiger partial charge in [0.25, 0.3) is 5.91 Å². The fourth-order valence-electron chi connectivity index (χ4n) is 2.48. The van der Waals surface area contributed by atoms with E-state index < -0.39 is 5.97 Å². The second kappa shape index (κ2) is 8.77. The first-order valence-corrected chi connectivity index (χ1v) is 8.08. The Morgan fingerprint density at radius 3 is 2.56 bits per heavy atom. The highest BCUT2D eigenvalue weighted by molar-refractivity contribution is 5.92. The number of carboxylic acids is 1. The standard InChI is InChI=1S/C18H22N4O3/c1-12-10-15(22-18(19-2)20-12)17(25)21-14(8-9-16(23)24)11-13-6-4-3-5-7-13/h3-7,10,14H,8-9,11H2,1-2H3,(H,21,25)(H,23,24)(H,19,20,22). The van der Waals surface area contributed by atoms with E-state index >= 15 is 0 Å². The molecular weight excluding hydrogens is 320 g/mol. The summed E-state index contributed by atoms with van der Waals surface area (Å²) >= 11 is 0. The minimum Gasteiger partial charge on any atom is -0.481 e. The lowest BCUT2D eigenvalue weighted by Crippen LogP contribution is -2.37. The van der Waals surface area contributed by atoms with Gasteiger partial charge in [0.1, 0.15) is 5.69 Å². The van der Waals surface area contributed by atoms with Crippen molar-refractivity contribution in [2.75, 3.05) is 12.4 Å². The average Bonchev–Trinajstić information content (AvgIpc) is 2.59. The van der Waals surface area contributed by atoms with E-state index in [9.17, 15) is 9.59 Å². The van der Waals surface area contributed by atoms with Gasteiger partial charge < -0.3 is 15.7 Å². The molecule has 0 fully saturated rings. The third-order valence-corrected chi connectivity index (χ3v) is 3.68. The Labute approximate surface area is 146 Å². The second-order valence-electron chi connectivity index (χ2n) is 5.76. The number of hydrogen-bond acceptors (Lipinski definition) is 5. The molecule has 0 bridgehead atoms. The first kappa shape index (κ1) is 18.4. The van der Waals surface area contributed by atoms with Crippen molar-refractivity contribution < 1.29 is 14.7 Å². The normalized spacial score (nSPS) is 11.6. The van der Waals surface area contributed by atoms with Crippen molar-refractivity contribution >= 4 is 17.8 Å². The fourth-order valence-corrected chi connectivity index (χ4v) is 2.48. The van der Waals surface area contributed by atoms with Crippen molar-refractivity contribution in [3.05, 3.63) is 53.3 Å². The third kappa shape index (κ3) is 5.87. The van der Waals surface area contributed by atoms with Gasteiger partial charge in [0, 0.05) is 25.2 Å². The topological polar surface area (TPSA) is 104 Å². The minimum atomic E-state index is -0.886. The van der Waals surface area contributed by atoms with E-state index in [2.05, 4.69) is 20.6 Å². The molecule has 2 aromatic rings. The number of aliphatic carboxylic acids is 1. The van der Waals surface area contributed by atoms with Gasteiger partial charge in [-0.1, -0.05) is 30.3 Å². The predicted octanol–water partition coefficient (Wildman–Crippen LogP) is 2.03. The van der Waals surface area contributed by atoms with Gasteiger partial charge in [-0.05, 0) is 31.4 Å². The van der Waals surface area contributed by atoms with Crippen LogP contribution in [0.4, 0.5) is 5.95 Å². The summed E-state index contributed by atoms with van der Waals surface area (Å²) < 4.78 is 0. The van der Waals surface area contributed by atoms with Crippen LogP contribution in [0.2, 0.25) is 0 Å². The monoisotopic (exact) mass is 342 g/mol. The Hall–Kier alpha value is -2.96. The van der Waals surface area contributed by atoms with Crippen molar-refractivity contribution in [2.45, 2.75) is 32.2 Å². The Balaban J connectivity index is 2.12. The van der Waals surface area contributed by atoms with Crippen molar-refractivity contribution in [3.63, 3.8) is 0 Å². The number of amides is 1. The number of benzene rings is 1. The van der Waals surface area contributed by atoms with Crippen LogP contribution in [0.25, 0.3) is 0 Å². The molecule has 1 aromatic heterocycles. The summed E-state index contributed by atoms with van der Waals surface area (Å²) in [7, 11) is 1.68. The predicted molar refractivity (Wildman–Crippen MR) is 94.6 cm³/mol. The largest absolute Gasteiger partial charge is 0.481 e. The second-order valence-corrected chi connectivity index (χ2v) is 5.76. The number of carbonyl (C=O) groups excluding carboxylic acids is 1. The van der Waals surface area contributed by atoms with Crippen LogP contribution >= 0.6 is 0 Å². The molecule has 0 aliphatic carbocycles. The first-order chi connectivity index (χ1) is 12.0. The summed E-state index contributed by atoms with van der Waals surface area (Å²) in [6.07, 6.45) is 0.893. The van der Waals surface area contributed by atoms with Crippen LogP contribution in [0.5, 0.6) is 0 Å². The maximum absolute atomic E-state index is 12.5. The van der Waals surface area contributed by atoms with E-state index in [1.54, 1.807) is 20.0 Å². The molecule has 1 amide bonds. The Kier molecular flexibility index (Phi) is 6.45. The maximum atomic E-state index is 12.5. The lowest BCUT2D eigenvalue weighted by Gasteiger charge is -2.18. The van der Waals surface area contributed by atoms with Gasteiger partial charge in [0.2, 0.25) is 5.95 Å². The van der Waals surface area contributed by atoms with Crippen molar-refractivity contribution in [1.82, 2.24) is 15.3 Å². The highest BCUT2D eigenvalue weighted by atomic mass is 16.4. The molecule has 0 aliphatic rings. The molecule has 1 aromatic carbocycles. The highest BCUT2D eigenvalue weighted by Crippen LogP contribution is 2.10. The average molecular weight is 342 g/mol. The Morgan fingerprint density at radius 1 is 1.20 bits per heavy atom. The Bertz CT molecular complexity index is 734. The van der Waals surface area contributed by atoms with Gasteiger partial charge in [0.15, 0.2) is 0 Å². The van der Waals surface area contributed by atoms with E-state index in [1.165, 1.54) is 0 Å². The number of carboxylic acid groups (broad SMARTS) is 1. The summed E-state index contributed by atoms with van der Waals surface area (Å²) in [4.78, 5) is 31.8. The summed E-state index contributed by atoms with van der Waals surface area (Å²) in [5.74, 6) is -0.855. The molecule has 0 aliphatic heterocycles. The zero-order valence-electron chi connectivity index (χ0n) is 14.3. The number of hydrogen-bond donors (Lipinski definition) is 3. The molecule has 3 N–H and O–H groups in total. The first-order valence-electron chi connectivity index (χ1n) is 8.08. The Morgan fingerprint density at radius 2 is 1.92 bits per heavy atom. The van der Waals surface area contributed by atoms with Gasteiger partial charge >= 0.3 is 5.97 Å². The van der Waals surface area contributed by atoms with Gasteiger partial charge in [0.05, 0.1) is 0 Å². The summed E-state index contributed by atoms with van der Waals surface area (Å²) in [6.45, 7) is 1.78. The van der Waals surface area contributed by atoms with Crippen molar-refractivity contribution in [3.8, 4) is 0 Å². The summed E-state index contributed by atoms with van der Waals surface area (Å²) in [5, 5.41) is 14.7. The molecule has 25 heavy (non-hydrogen) atoms. The molecule has 1 atom stereocenters. The van der Waals surface area contributed by atoms with E-state index in [4.69, 9.17) is 5.11 Å². The molecule has 1 heterocycles. The molecule has 0 radical (unpaired) electrons. The van der Waals surface area contributed by atoms with Gasteiger partial charge in [-0.2, -0.15) is 0 Å². The molecule has 7 heteroatoms. The van der Waals surface area contributed by atoms with Crippen LogP contribution in [0.15, 0.2) is 36.4 Å². The number of rotatable bonds is 8. The molecule has 7 nitrogen and oxygen atoms in total. The van der Waals surface area contributed by atoms with Crippen LogP contribution in [-0.4, -0.2) is 40.0 Å². The van der Waals surface area contributed by atoms with E-state index in [-0.39, 0.29) is 24.1 Å². The molecule has 0 saturated carbocycles. The van der Waals surface area contributed by atoms with Crippen LogP contribution in [0.1, 0.15) is 34.6 Å². The van der Waals surface area contributed by atoms with Crippen LogP contribution in [0.3, 0.4) is 0 Å². The van der Waals surface area contributed by atoms with E-state index in [1.807, 2.05) is 30.3 Å². The molecule has 2 rings (SSSR count). The van der Waals surface area contributed by atoms with Crippen molar-refractivity contribution in [2.24, 2.45) is 0 Å². The van der Waals surface area contributed by atoms with Gasteiger partial charge in [-0.3, -0.25) is 9.59 Å². The quantitative estimate of drug-likeness (QED) is 0.678. The number of carbonyl (C=O) groups is 2. The van der Waals surface area contributed by atoms with E-state index in [0.29, 0.717) is 24.5 Å². The number of nitrogens with one attached hydrogen (secondary N) is 2. The van der Waals surface area contributed by atoms with Crippen LogP contribution < -0.4 is 10.6 Å². The summed E-state index contributed by atoms with van der Waals surface area (Å²) in [6, 6.07) is 11.0. The number of anilines is 1. The number of nitrogens with zero attached hydrogens (tertiary/aromatic N) is 2. The highest BCUT2D eigenvalue weighted by Gasteiger charge is 2.17. The van der Waals surface area contributed by atoms with E-state index in [0.717, 1.165) is 5.56 Å². The molecule has 1 unspecified atom stereocenters. The number of aryl methyl sites for hydroxylation is 1. The minimum absolute atomic E-state index is 0.0116.